The van der Waals surface area contributed by atoms with Crippen molar-refractivity contribution in [3.05, 3.63) is 87.6 Å². The molecule has 1 heterocycles. The summed E-state index contributed by atoms with van der Waals surface area (Å²) in [4.78, 5) is 13.3. The van der Waals surface area contributed by atoms with E-state index in [1.165, 1.54) is 6.07 Å². The second-order valence-electron chi connectivity index (χ2n) is 5.91. The average Bonchev–Trinajstić information content (AvgIpc) is 3.13. The molecule has 0 unspecified atom stereocenters. The molecule has 0 saturated heterocycles. The van der Waals surface area contributed by atoms with Crippen LogP contribution in [-0.4, -0.2) is 12.5 Å². The number of hydrogen-bond acceptors (Lipinski definition) is 3. The highest BCUT2D eigenvalue weighted by Crippen LogP contribution is 2.26. The highest BCUT2D eigenvalue weighted by molar-refractivity contribution is 7.10. The number of hydrogen-bond donors (Lipinski definition) is 2. The van der Waals surface area contributed by atoms with E-state index in [0.717, 1.165) is 28.1 Å². The van der Waals surface area contributed by atoms with Crippen molar-refractivity contribution in [2.24, 2.45) is 0 Å². The van der Waals surface area contributed by atoms with E-state index >= 15 is 0 Å². The second-order valence-corrected chi connectivity index (χ2v) is 6.89. The smallest absolute Gasteiger partial charge is 0.238 e. The fourth-order valence-electron chi connectivity index (χ4n) is 2.58. The standard InChI is InChI=1S/C20H18F2N2OS/c1-13-4-6-14(7-5-13)20(18-3-2-10-26-18)23-12-19(25)24-17-9-8-15(21)11-16(17)22/h2-11,20,23H,12H2,1H3,(H,24,25)/t20-/m0/s1. The number of nitrogens with one attached hydrogen (secondary N) is 2. The van der Waals surface area contributed by atoms with E-state index in [9.17, 15) is 13.6 Å². The van der Waals surface area contributed by atoms with Gasteiger partial charge in [-0.15, -0.1) is 11.3 Å². The predicted octanol–water partition coefficient (Wildman–Crippen LogP) is 4.65. The summed E-state index contributed by atoms with van der Waals surface area (Å²) < 4.78 is 26.6. The molecule has 1 aromatic heterocycles. The van der Waals surface area contributed by atoms with Crippen LogP contribution < -0.4 is 10.6 Å². The molecule has 0 aliphatic heterocycles. The van der Waals surface area contributed by atoms with Gasteiger partial charge in [-0.2, -0.15) is 0 Å². The molecule has 0 saturated carbocycles. The van der Waals surface area contributed by atoms with Gasteiger partial charge in [0.25, 0.3) is 0 Å². The summed E-state index contributed by atoms with van der Waals surface area (Å²) in [6.07, 6.45) is 0. The van der Waals surface area contributed by atoms with Crippen molar-refractivity contribution in [2.45, 2.75) is 13.0 Å². The van der Waals surface area contributed by atoms with Crippen LogP contribution in [0.3, 0.4) is 0 Å². The van der Waals surface area contributed by atoms with Gasteiger partial charge in [0.15, 0.2) is 0 Å². The third kappa shape index (κ3) is 4.53. The molecule has 0 spiro atoms. The van der Waals surface area contributed by atoms with E-state index in [2.05, 4.69) is 10.6 Å². The average molecular weight is 372 g/mol. The molecule has 1 amide bonds. The van der Waals surface area contributed by atoms with Crippen LogP contribution in [-0.2, 0) is 4.79 Å². The first-order chi connectivity index (χ1) is 12.5. The Balaban J connectivity index is 1.69. The lowest BCUT2D eigenvalue weighted by molar-refractivity contribution is -0.115. The molecule has 134 valence electrons. The number of halogens is 2. The highest BCUT2D eigenvalue weighted by Gasteiger charge is 2.16. The predicted molar refractivity (Wildman–Crippen MR) is 100 cm³/mol. The van der Waals surface area contributed by atoms with Gasteiger partial charge in [-0.05, 0) is 36.1 Å². The minimum absolute atomic E-state index is 0.00669. The minimum atomic E-state index is -0.799. The van der Waals surface area contributed by atoms with Crippen molar-refractivity contribution in [1.82, 2.24) is 5.32 Å². The Labute approximate surface area is 154 Å². The maximum atomic E-state index is 13.7. The lowest BCUT2D eigenvalue weighted by Gasteiger charge is -2.18. The largest absolute Gasteiger partial charge is 0.322 e. The van der Waals surface area contributed by atoms with E-state index in [1.54, 1.807) is 11.3 Å². The monoisotopic (exact) mass is 372 g/mol. The van der Waals surface area contributed by atoms with Crippen LogP contribution in [0.25, 0.3) is 0 Å². The van der Waals surface area contributed by atoms with Gasteiger partial charge in [0.1, 0.15) is 11.6 Å². The minimum Gasteiger partial charge on any atom is -0.322 e. The van der Waals surface area contributed by atoms with Gasteiger partial charge in [-0.25, -0.2) is 8.78 Å². The Kier molecular flexibility index (Phi) is 5.75. The van der Waals surface area contributed by atoms with Crippen LogP contribution in [0.2, 0.25) is 0 Å². The van der Waals surface area contributed by atoms with Crippen LogP contribution in [0.4, 0.5) is 14.5 Å². The Morgan fingerprint density at radius 2 is 1.88 bits per heavy atom. The summed E-state index contributed by atoms with van der Waals surface area (Å²) in [5.74, 6) is -1.88. The van der Waals surface area contributed by atoms with Gasteiger partial charge in [0, 0.05) is 10.9 Å². The summed E-state index contributed by atoms with van der Waals surface area (Å²) in [5.41, 5.74) is 2.16. The molecule has 0 radical (unpaired) electrons. The number of amides is 1. The van der Waals surface area contributed by atoms with E-state index in [-0.39, 0.29) is 18.3 Å². The van der Waals surface area contributed by atoms with E-state index < -0.39 is 17.5 Å². The van der Waals surface area contributed by atoms with Crippen LogP contribution >= 0.6 is 11.3 Å². The Morgan fingerprint density at radius 3 is 2.54 bits per heavy atom. The Hall–Kier alpha value is -2.57. The molecule has 2 N–H and O–H groups in total. The first kappa shape index (κ1) is 18.2. The lowest BCUT2D eigenvalue weighted by atomic mass is 10.0. The van der Waals surface area contributed by atoms with Crippen molar-refractivity contribution in [1.29, 1.82) is 0 Å². The topological polar surface area (TPSA) is 41.1 Å². The number of benzene rings is 2. The fraction of sp³-hybridized carbons (Fsp3) is 0.150. The van der Waals surface area contributed by atoms with E-state index in [1.807, 2.05) is 48.7 Å². The molecule has 3 aromatic rings. The number of carbonyl (C=O) groups excluding carboxylic acids is 1. The first-order valence-electron chi connectivity index (χ1n) is 8.11. The third-order valence-electron chi connectivity index (χ3n) is 3.91. The van der Waals surface area contributed by atoms with Crippen LogP contribution in [0.15, 0.2) is 60.0 Å². The molecule has 6 heteroatoms. The molecular weight excluding hydrogens is 354 g/mol. The van der Waals surface area contributed by atoms with E-state index in [4.69, 9.17) is 0 Å². The molecule has 0 fully saturated rings. The third-order valence-corrected chi connectivity index (χ3v) is 4.85. The molecule has 3 rings (SSSR count). The zero-order chi connectivity index (χ0) is 18.5. The molecule has 0 bridgehead atoms. The van der Waals surface area contributed by atoms with Gasteiger partial charge in [-0.1, -0.05) is 35.9 Å². The van der Waals surface area contributed by atoms with Crippen molar-refractivity contribution < 1.29 is 13.6 Å². The maximum absolute atomic E-state index is 13.7. The number of anilines is 1. The van der Waals surface area contributed by atoms with Crippen molar-refractivity contribution in [2.75, 3.05) is 11.9 Å². The zero-order valence-electron chi connectivity index (χ0n) is 14.1. The van der Waals surface area contributed by atoms with Crippen molar-refractivity contribution >= 4 is 22.9 Å². The molecular formula is C20H18F2N2OS. The summed E-state index contributed by atoms with van der Waals surface area (Å²) in [5, 5.41) is 7.65. The number of rotatable bonds is 6. The maximum Gasteiger partial charge on any atom is 0.238 e. The second kappa shape index (κ2) is 8.21. The van der Waals surface area contributed by atoms with Gasteiger partial charge < -0.3 is 5.32 Å². The molecule has 0 aliphatic carbocycles. The summed E-state index contributed by atoms with van der Waals surface area (Å²) in [6, 6.07) is 14.9. The van der Waals surface area contributed by atoms with E-state index in [0.29, 0.717) is 0 Å². The SMILES string of the molecule is Cc1ccc([C@H](NCC(=O)Nc2ccc(F)cc2F)c2cccs2)cc1. The van der Waals surface area contributed by atoms with Crippen molar-refractivity contribution in [3.8, 4) is 0 Å². The normalized spacial score (nSPS) is 12.0. The Morgan fingerprint density at radius 1 is 1.12 bits per heavy atom. The van der Waals surface area contributed by atoms with Crippen LogP contribution in [0, 0.1) is 18.6 Å². The fourth-order valence-corrected chi connectivity index (χ4v) is 3.40. The molecule has 1 atom stereocenters. The highest BCUT2D eigenvalue weighted by atomic mass is 32.1. The number of carbonyl (C=O) groups is 1. The first-order valence-corrected chi connectivity index (χ1v) is 8.99. The molecule has 26 heavy (non-hydrogen) atoms. The number of thiophene rings is 1. The molecule has 3 nitrogen and oxygen atoms in total. The summed E-state index contributed by atoms with van der Waals surface area (Å²) in [7, 11) is 0. The van der Waals surface area contributed by atoms with Crippen molar-refractivity contribution in [3.63, 3.8) is 0 Å². The zero-order valence-corrected chi connectivity index (χ0v) is 14.9. The van der Waals surface area contributed by atoms with Gasteiger partial charge in [0.2, 0.25) is 5.91 Å². The molecule has 0 aliphatic rings. The van der Waals surface area contributed by atoms with Gasteiger partial charge >= 0.3 is 0 Å². The van der Waals surface area contributed by atoms with Gasteiger partial charge in [0.05, 0.1) is 18.3 Å². The Bertz CT molecular complexity index is 879. The van der Waals surface area contributed by atoms with Crippen LogP contribution in [0.1, 0.15) is 22.0 Å². The number of aryl methyl sites for hydroxylation is 1. The summed E-state index contributed by atoms with van der Waals surface area (Å²) in [6.45, 7) is 2.01. The molecule has 2 aromatic carbocycles. The lowest BCUT2D eigenvalue weighted by Crippen LogP contribution is -2.31. The van der Waals surface area contributed by atoms with Gasteiger partial charge in [-0.3, -0.25) is 10.1 Å². The summed E-state index contributed by atoms with van der Waals surface area (Å²) >= 11 is 1.59. The van der Waals surface area contributed by atoms with Crippen LogP contribution in [0.5, 0.6) is 0 Å². The quantitative estimate of drug-likeness (QED) is 0.661.